The lowest BCUT2D eigenvalue weighted by Crippen LogP contribution is -2.50. The van der Waals surface area contributed by atoms with E-state index in [1.165, 1.54) is 11.0 Å². The molecule has 2 fully saturated rings. The van der Waals surface area contributed by atoms with E-state index in [1.807, 2.05) is 0 Å². The maximum atomic E-state index is 14.7. The van der Waals surface area contributed by atoms with Gasteiger partial charge in [-0.15, -0.1) is 0 Å². The Hall–Kier alpha value is -2.32. The zero-order valence-corrected chi connectivity index (χ0v) is 17.9. The molecule has 0 bridgehead atoms. The average molecular weight is 441 g/mol. The van der Waals surface area contributed by atoms with Crippen LogP contribution in [0.25, 0.3) is 10.9 Å². The molecule has 170 valence electrons. The maximum Gasteiger partial charge on any atom is 0.410 e. The largest absolute Gasteiger partial charge is 0.444 e. The van der Waals surface area contributed by atoms with Gasteiger partial charge in [-0.1, -0.05) is 0 Å². The van der Waals surface area contributed by atoms with Crippen LogP contribution < -0.4 is 0 Å². The molecule has 1 aromatic carbocycles. The van der Waals surface area contributed by atoms with E-state index >= 15 is 0 Å². The molecule has 1 aliphatic carbocycles. The number of ether oxygens (including phenoxy) is 1. The number of alkyl halides is 2. The third-order valence-corrected chi connectivity index (χ3v) is 5.98. The molecular weight excluding hydrogens is 414 g/mol. The minimum absolute atomic E-state index is 0.0263. The molecule has 0 N–H and O–H groups in total. The van der Waals surface area contributed by atoms with Gasteiger partial charge in [0.15, 0.2) is 0 Å². The summed E-state index contributed by atoms with van der Waals surface area (Å²) in [5, 5.41) is 4.79. The molecule has 4 rings (SSSR count). The summed E-state index contributed by atoms with van der Waals surface area (Å²) in [6, 6.07) is 2.06. The number of likely N-dealkylation sites (tertiary alicyclic amines) is 1. The highest BCUT2D eigenvalue weighted by atomic mass is 19.3. The number of carbonyl (C=O) groups excluding carboxylic acids is 1. The third-order valence-electron chi connectivity index (χ3n) is 5.98. The van der Waals surface area contributed by atoms with Gasteiger partial charge >= 0.3 is 6.09 Å². The van der Waals surface area contributed by atoms with Gasteiger partial charge in [0.2, 0.25) is 5.92 Å². The van der Waals surface area contributed by atoms with Gasteiger partial charge in [0.25, 0.3) is 0 Å². The van der Waals surface area contributed by atoms with Crippen molar-refractivity contribution < 1.29 is 27.1 Å². The van der Waals surface area contributed by atoms with E-state index < -0.39 is 29.3 Å². The van der Waals surface area contributed by atoms with Gasteiger partial charge in [-0.3, -0.25) is 4.68 Å². The highest BCUT2D eigenvalue weighted by Crippen LogP contribution is 2.38. The first-order valence-corrected chi connectivity index (χ1v) is 10.6. The summed E-state index contributed by atoms with van der Waals surface area (Å²) >= 11 is 0. The predicted molar refractivity (Wildman–Crippen MR) is 107 cm³/mol. The van der Waals surface area contributed by atoms with Gasteiger partial charge in [-0.25, -0.2) is 22.4 Å². The number of fused-ring (bicyclic) bond motifs is 1. The molecule has 9 heteroatoms. The van der Waals surface area contributed by atoms with E-state index in [4.69, 9.17) is 4.74 Å². The number of benzene rings is 1. The van der Waals surface area contributed by atoms with Gasteiger partial charge < -0.3 is 9.64 Å². The van der Waals surface area contributed by atoms with Crippen LogP contribution >= 0.6 is 0 Å². The monoisotopic (exact) mass is 441 g/mol. The number of amides is 1. The molecule has 1 amide bonds. The second kappa shape index (κ2) is 7.67. The summed E-state index contributed by atoms with van der Waals surface area (Å²) in [5.74, 6) is -4.28. The smallest absolute Gasteiger partial charge is 0.410 e. The standard InChI is InChI=1S/C22H27F4N3O2/c1-21(2,3)31-20(30)28-11-14(12-28)19-18-16(24)8-15(23)9-17(18)29(27-19)10-13-4-6-22(25,26)7-5-13/h8-9,13-14H,4-7,10-12H2,1-3H3. The molecule has 1 aromatic heterocycles. The summed E-state index contributed by atoms with van der Waals surface area (Å²) < 4.78 is 62.5. The number of carbonyl (C=O) groups is 1. The van der Waals surface area contributed by atoms with Crippen LogP contribution in [-0.2, 0) is 11.3 Å². The van der Waals surface area contributed by atoms with Crippen molar-refractivity contribution in [1.82, 2.24) is 14.7 Å². The van der Waals surface area contributed by atoms with Crippen LogP contribution in [0.4, 0.5) is 22.4 Å². The molecule has 1 saturated heterocycles. The quantitative estimate of drug-likeness (QED) is 0.593. The van der Waals surface area contributed by atoms with Crippen molar-refractivity contribution in [3.8, 4) is 0 Å². The molecule has 2 aromatic rings. The van der Waals surface area contributed by atoms with Crippen LogP contribution in [0.3, 0.4) is 0 Å². The first-order valence-electron chi connectivity index (χ1n) is 10.6. The Kier molecular flexibility index (Phi) is 5.42. The lowest BCUT2D eigenvalue weighted by molar-refractivity contribution is -0.0475. The SMILES string of the molecule is CC(C)(C)OC(=O)N1CC(c2nn(CC3CCC(F)(F)CC3)c3cc(F)cc(F)c23)C1. The highest BCUT2D eigenvalue weighted by molar-refractivity contribution is 5.84. The van der Waals surface area contributed by atoms with Crippen molar-refractivity contribution in [2.24, 2.45) is 5.92 Å². The molecule has 1 aliphatic heterocycles. The number of halogens is 4. The van der Waals surface area contributed by atoms with E-state index in [2.05, 4.69) is 5.10 Å². The fourth-order valence-electron chi connectivity index (χ4n) is 4.33. The average Bonchev–Trinajstić information content (AvgIpc) is 2.92. The molecule has 0 radical (unpaired) electrons. The number of rotatable bonds is 3. The number of hydrogen-bond donors (Lipinski definition) is 0. The lowest BCUT2D eigenvalue weighted by Gasteiger charge is -2.39. The van der Waals surface area contributed by atoms with Gasteiger partial charge in [0, 0.05) is 44.5 Å². The first kappa shape index (κ1) is 21.9. The Morgan fingerprint density at radius 3 is 2.45 bits per heavy atom. The Bertz CT molecular complexity index is 983. The van der Waals surface area contributed by atoms with Crippen molar-refractivity contribution in [3.63, 3.8) is 0 Å². The Morgan fingerprint density at radius 2 is 1.84 bits per heavy atom. The molecule has 0 spiro atoms. The second-order valence-electron chi connectivity index (χ2n) is 9.73. The minimum atomic E-state index is -2.64. The summed E-state index contributed by atoms with van der Waals surface area (Å²) in [7, 11) is 0. The topological polar surface area (TPSA) is 47.4 Å². The second-order valence-corrected chi connectivity index (χ2v) is 9.73. The molecule has 0 unspecified atom stereocenters. The van der Waals surface area contributed by atoms with Gasteiger partial charge in [0.1, 0.15) is 17.2 Å². The zero-order valence-electron chi connectivity index (χ0n) is 17.9. The lowest BCUT2D eigenvalue weighted by atomic mass is 9.87. The van der Waals surface area contributed by atoms with Crippen LogP contribution in [0.15, 0.2) is 12.1 Å². The van der Waals surface area contributed by atoms with E-state index in [-0.39, 0.29) is 30.1 Å². The van der Waals surface area contributed by atoms with Gasteiger partial charge in [-0.2, -0.15) is 5.10 Å². The van der Waals surface area contributed by atoms with Crippen LogP contribution in [-0.4, -0.2) is 45.4 Å². The van der Waals surface area contributed by atoms with E-state index in [1.54, 1.807) is 25.5 Å². The molecule has 2 heterocycles. The Morgan fingerprint density at radius 1 is 1.19 bits per heavy atom. The van der Waals surface area contributed by atoms with Gasteiger partial charge in [0.05, 0.1) is 16.6 Å². The van der Waals surface area contributed by atoms with Crippen molar-refractivity contribution in [1.29, 1.82) is 0 Å². The molecule has 1 saturated carbocycles. The van der Waals surface area contributed by atoms with Gasteiger partial charge in [-0.05, 0) is 45.6 Å². The first-order chi connectivity index (χ1) is 14.4. The van der Waals surface area contributed by atoms with Crippen molar-refractivity contribution in [2.75, 3.05) is 13.1 Å². The Balaban J connectivity index is 1.55. The van der Waals surface area contributed by atoms with Crippen LogP contribution in [0.2, 0.25) is 0 Å². The van der Waals surface area contributed by atoms with E-state index in [0.717, 1.165) is 6.07 Å². The fourth-order valence-corrected chi connectivity index (χ4v) is 4.33. The highest BCUT2D eigenvalue weighted by Gasteiger charge is 2.39. The molecule has 0 atom stereocenters. The molecule has 2 aliphatic rings. The third kappa shape index (κ3) is 4.65. The minimum Gasteiger partial charge on any atom is -0.444 e. The number of aromatic nitrogens is 2. The molecule has 31 heavy (non-hydrogen) atoms. The summed E-state index contributed by atoms with van der Waals surface area (Å²) in [6.45, 7) is 6.33. The molecule has 5 nitrogen and oxygen atoms in total. The molecular formula is C22H27F4N3O2. The van der Waals surface area contributed by atoms with Crippen molar-refractivity contribution in [3.05, 3.63) is 29.5 Å². The van der Waals surface area contributed by atoms with Crippen LogP contribution in [0.5, 0.6) is 0 Å². The van der Waals surface area contributed by atoms with Crippen molar-refractivity contribution >= 4 is 17.0 Å². The van der Waals surface area contributed by atoms with E-state index in [9.17, 15) is 22.4 Å². The van der Waals surface area contributed by atoms with Crippen molar-refractivity contribution in [2.45, 2.75) is 70.4 Å². The fraction of sp³-hybridized carbons (Fsp3) is 0.636. The maximum absolute atomic E-state index is 14.7. The zero-order chi connectivity index (χ0) is 22.6. The summed E-state index contributed by atoms with van der Waals surface area (Å²) in [4.78, 5) is 13.7. The van der Waals surface area contributed by atoms with Crippen LogP contribution in [0.1, 0.15) is 58.1 Å². The Labute approximate surface area is 178 Å². The van der Waals surface area contributed by atoms with Crippen LogP contribution in [0, 0.1) is 17.6 Å². The number of hydrogen-bond acceptors (Lipinski definition) is 3. The predicted octanol–water partition coefficient (Wildman–Crippen LogP) is 5.47. The normalized spacial score (nSPS) is 20.2. The summed E-state index contributed by atoms with van der Waals surface area (Å²) in [5.41, 5.74) is 0.172. The van der Waals surface area contributed by atoms with E-state index in [0.29, 0.717) is 43.7 Å². The summed E-state index contributed by atoms with van der Waals surface area (Å²) in [6.07, 6.45) is -0.115. The number of nitrogens with zero attached hydrogens (tertiary/aromatic N) is 3.